The summed E-state index contributed by atoms with van der Waals surface area (Å²) >= 11 is 3.44. The topological polar surface area (TPSA) is 69.4 Å². The van der Waals surface area contributed by atoms with Crippen LogP contribution in [-0.4, -0.2) is 17.5 Å². The van der Waals surface area contributed by atoms with Crippen molar-refractivity contribution >= 4 is 27.8 Å². The van der Waals surface area contributed by atoms with E-state index in [1.54, 1.807) is 6.07 Å². The van der Waals surface area contributed by atoms with E-state index in [-0.39, 0.29) is 12.4 Å². The molecule has 25 heavy (non-hydrogen) atoms. The lowest BCUT2D eigenvalue weighted by Crippen LogP contribution is -2.24. The number of nitrogens with two attached hydrogens (primary N) is 1. The molecule has 0 fully saturated rings. The van der Waals surface area contributed by atoms with Crippen LogP contribution >= 0.6 is 15.9 Å². The van der Waals surface area contributed by atoms with Crippen LogP contribution in [0.5, 0.6) is 0 Å². The monoisotopic (exact) mass is 401 g/mol. The number of primary amides is 1. The van der Waals surface area contributed by atoms with Crippen LogP contribution in [0.1, 0.15) is 47.8 Å². The maximum absolute atomic E-state index is 12.0. The summed E-state index contributed by atoms with van der Waals surface area (Å²) in [5, 5.41) is 0. The van der Waals surface area contributed by atoms with E-state index in [9.17, 15) is 9.59 Å². The van der Waals surface area contributed by atoms with Gasteiger partial charge in [-0.2, -0.15) is 0 Å². The van der Waals surface area contributed by atoms with Crippen molar-refractivity contribution in [1.29, 1.82) is 0 Å². The highest BCUT2D eigenvalue weighted by Crippen LogP contribution is 2.40. The summed E-state index contributed by atoms with van der Waals surface area (Å²) in [6.07, 6.45) is 0.867. The van der Waals surface area contributed by atoms with Crippen LogP contribution < -0.4 is 5.73 Å². The molecule has 2 aromatic rings. The molecule has 0 atom stereocenters. The molecule has 1 aliphatic rings. The van der Waals surface area contributed by atoms with Gasteiger partial charge in [0.25, 0.3) is 0 Å². The van der Waals surface area contributed by atoms with Crippen LogP contribution in [0.2, 0.25) is 0 Å². The van der Waals surface area contributed by atoms with E-state index in [1.165, 1.54) is 0 Å². The minimum atomic E-state index is -0.493. The van der Waals surface area contributed by atoms with Crippen LogP contribution in [0.4, 0.5) is 0 Å². The zero-order chi connectivity index (χ0) is 18.4. The standard InChI is InChI=1S/C20H20BrNO3/c1-20(2,3)25-18(23)7-11-4-5-14-12(6-11)8-15-16(14)9-13(21)10-17(15)19(22)24/h4-6,9-10H,7-8H2,1-3H3,(H2,22,24). The second-order valence-corrected chi connectivity index (χ2v) is 8.19. The van der Waals surface area contributed by atoms with Crippen molar-refractivity contribution in [2.24, 2.45) is 5.73 Å². The molecule has 0 unspecified atom stereocenters. The van der Waals surface area contributed by atoms with Gasteiger partial charge in [-0.05, 0) is 67.1 Å². The number of hydrogen-bond donors (Lipinski definition) is 1. The van der Waals surface area contributed by atoms with Gasteiger partial charge < -0.3 is 10.5 Å². The fraction of sp³-hybridized carbons (Fsp3) is 0.300. The largest absolute Gasteiger partial charge is 0.460 e. The predicted molar refractivity (Wildman–Crippen MR) is 100 cm³/mol. The predicted octanol–water partition coefficient (Wildman–Crippen LogP) is 4.00. The molecule has 5 heteroatoms. The molecule has 0 bridgehead atoms. The number of hydrogen-bond acceptors (Lipinski definition) is 3. The van der Waals surface area contributed by atoms with Crippen molar-refractivity contribution in [2.75, 3.05) is 0 Å². The van der Waals surface area contributed by atoms with Gasteiger partial charge in [-0.15, -0.1) is 0 Å². The number of amides is 1. The van der Waals surface area contributed by atoms with Crippen molar-refractivity contribution in [1.82, 2.24) is 0 Å². The summed E-state index contributed by atoms with van der Waals surface area (Å²) < 4.78 is 6.21. The third kappa shape index (κ3) is 3.76. The Morgan fingerprint density at radius 1 is 1.16 bits per heavy atom. The Bertz CT molecular complexity index is 881. The van der Waals surface area contributed by atoms with Gasteiger partial charge in [-0.1, -0.05) is 34.1 Å². The molecule has 2 N–H and O–H groups in total. The van der Waals surface area contributed by atoms with Crippen LogP contribution in [0.15, 0.2) is 34.8 Å². The second kappa shape index (κ2) is 6.30. The first-order valence-corrected chi connectivity index (χ1v) is 8.89. The van der Waals surface area contributed by atoms with Crippen molar-refractivity contribution in [3.05, 3.63) is 57.1 Å². The van der Waals surface area contributed by atoms with Gasteiger partial charge in [0.15, 0.2) is 0 Å². The molecule has 3 rings (SSSR count). The smallest absolute Gasteiger partial charge is 0.310 e. The Hall–Kier alpha value is -2.14. The minimum Gasteiger partial charge on any atom is -0.460 e. The van der Waals surface area contributed by atoms with Gasteiger partial charge in [-0.25, -0.2) is 0 Å². The first-order valence-electron chi connectivity index (χ1n) is 8.10. The lowest BCUT2D eigenvalue weighted by Gasteiger charge is -2.19. The number of ether oxygens (including phenoxy) is 1. The lowest BCUT2D eigenvalue weighted by molar-refractivity contribution is -0.153. The van der Waals surface area contributed by atoms with Gasteiger partial charge in [0, 0.05) is 10.0 Å². The average Bonchev–Trinajstić information content (AvgIpc) is 2.81. The van der Waals surface area contributed by atoms with E-state index in [1.807, 2.05) is 45.0 Å². The molecule has 0 spiro atoms. The summed E-state index contributed by atoms with van der Waals surface area (Å²) in [6, 6.07) is 9.70. The normalized spacial score (nSPS) is 12.5. The molecule has 1 aliphatic carbocycles. The molecular formula is C20H20BrNO3. The molecule has 0 saturated carbocycles. The zero-order valence-electron chi connectivity index (χ0n) is 14.5. The quantitative estimate of drug-likeness (QED) is 0.674. The number of esters is 1. The number of halogens is 1. The van der Waals surface area contributed by atoms with Crippen LogP contribution in [0, 0.1) is 0 Å². The third-order valence-corrected chi connectivity index (χ3v) is 4.53. The molecule has 2 aromatic carbocycles. The number of benzene rings is 2. The van der Waals surface area contributed by atoms with Gasteiger partial charge in [-0.3, -0.25) is 9.59 Å². The molecule has 0 heterocycles. The van der Waals surface area contributed by atoms with Crippen LogP contribution in [0.25, 0.3) is 11.1 Å². The number of carbonyl (C=O) groups excluding carboxylic acids is 2. The number of fused-ring (bicyclic) bond motifs is 3. The first-order chi connectivity index (χ1) is 11.6. The van der Waals surface area contributed by atoms with E-state index >= 15 is 0 Å². The fourth-order valence-electron chi connectivity index (χ4n) is 3.19. The zero-order valence-corrected chi connectivity index (χ0v) is 16.1. The molecule has 0 radical (unpaired) electrons. The van der Waals surface area contributed by atoms with Crippen molar-refractivity contribution in [2.45, 2.75) is 39.2 Å². The van der Waals surface area contributed by atoms with Gasteiger partial charge in [0.05, 0.1) is 6.42 Å². The Labute approximate surface area is 155 Å². The van der Waals surface area contributed by atoms with E-state index in [4.69, 9.17) is 10.5 Å². The lowest BCUT2D eigenvalue weighted by atomic mass is 10.0. The molecule has 0 aliphatic heterocycles. The molecule has 1 amide bonds. The SMILES string of the molecule is CC(C)(C)OC(=O)Cc1ccc2c(c1)Cc1c(C(N)=O)cc(Br)cc1-2. The van der Waals surface area contributed by atoms with Crippen molar-refractivity contribution in [3.63, 3.8) is 0 Å². The fourth-order valence-corrected chi connectivity index (χ4v) is 3.65. The molecule has 0 saturated heterocycles. The Balaban J connectivity index is 1.91. The molecule has 130 valence electrons. The van der Waals surface area contributed by atoms with E-state index < -0.39 is 11.5 Å². The third-order valence-electron chi connectivity index (χ3n) is 4.08. The Kier molecular flexibility index (Phi) is 4.45. The first kappa shape index (κ1) is 17.7. The Morgan fingerprint density at radius 3 is 2.52 bits per heavy atom. The second-order valence-electron chi connectivity index (χ2n) is 7.28. The van der Waals surface area contributed by atoms with Gasteiger partial charge in [0.1, 0.15) is 5.60 Å². The highest BCUT2D eigenvalue weighted by Gasteiger charge is 2.25. The summed E-state index contributed by atoms with van der Waals surface area (Å²) in [6.45, 7) is 5.56. The molecule has 4 nitrogen and oxygen atoms in total. The maximum atomic E-state index is 12.0. The van der Waals surface area contributed by atoms with E-state index in [2.05, 4.69) is 15.9 Å². The summed E-state index contributed by atoms with van der Waals surface area (Å²) in [5.74, 6) is -0.678. The van der Waals surface area contributed by atoms with E-state index in [0.29, 0.717) is 12.0 Å². The highest BCUT2D eigenvalue weighted by molar-refractivity contribution is 9.10. The molecular weight excluding hydrogens is 382 g/mol. The van der Waals surface area contributed by atoms with Crippen LogP contribution in [0.3, 0.4) is 0 Å². The minimum absolute atomic E-state index is 0.229. The van der Waals surface area contributed by atoms with Crippen molar-refractivity contribution < 1.29 is 14.3 Å². The Morgan fingerprint density at radius 2 is 1.88 bits per heavy atom. The van der Waals surface area contributed by atoms with Gasteiger partial charge >= 0.3 is 5.97 Å². The highest BCUT2D eigenvalue weighted by atomic mass is 79.9. The van der Waals surface area contributed by atoms with Crippen molar-refractivity contribution in [3.8, 4) is 11.1 Å². The number of rotatable bonds is 3. The summed E-state index contributed by atoms with van der Waals surface area (Å²) in [4.78, 5) is 23.8. The molecule has 0 aromatic heterocycles. The average molecular weight is 402 g/mol. The van der Waals surface area contributed by atoms with Crippen LogP contribution in [-0.2, 0) is 22.4 Å². The van der Waals surface area contributed by atoms with Gasteiger partial charge in [0.2, 0.25) is 5.91 Å². The summed E-state index contributed by atoms with van der Waals surface area (Å²) in [7, 11) is 0. The van der Waals surface area contributed by atoms with E-state index in [0.717, 1.165) is 32.3 Å². The summed E-state index contributed by atoms with van der Waals surface area (Å²) in [5.41, 5.74) is 10.6. The number of carbonyl (C=O) groups is 2. The maximum Gasteiger partial charge on any atom is 0.310 e.